The van der Waals surface area contributed by atoms with Crippen molar-refractivity contribution in [3.63, 3.8) is 0 Å². The average molecular weight is 312 g/mol. The van der Waals surface area contributed by atoms with E-state index in [9.17, 15) is 8.42 Å². The first-order valence-electron chi connectivity index (χ1n) is 6.72. The van der Waals surface area contributed by atoms with Crippen LogP contribution in [-0.4, -0.2) is 31.3 Å². The third-order valence-electron chi connectivity index (χ3n) is 3.17. The minimum absolute atomic E-state index is 0.232. The summed E-state index contributed by atoms with van der Waals surface area (Å²) in [7, 11) is -3.59. The van der Waals surface area contributed by atoms with Crippen molar-refractivity contribution in [2.45, 2.75) is 31.7 Å². The van der Waals surface area contributed by atoms with Crippen LogP contribution < -0.4 is 10.5 Å². The lowest BCUT2D eigenvalue weighted by Gasteiger charge is -2.07. The van der Waals surface area contributed by atoms with Gasteiger partial charge in [-0.25, -0.2) is 13.1 Å². The summed E-state index contributed by atoms with van der Waals surface area (Å²) in [6.07, 6.45) is 2.07. The summed E-state index contributed by atoms with van der Waals surface area (Å²) in [5.74, 6) is 0.741. The van der Waals surface area contributed by atoms with Crippen LogP contribution in [0.5, 0.6) is 0 Å². The molecule has 0 aliphatic heterocycles. The SMILES string of the molecule is Cc1nn(CCN)c(C)c1S(=O)(=O)NCCc1ccco1. The normalized spacial score (nSPS) is 12.0. The van der Waals surface area contributed by atoms with Crippen LogP contribution in [0.15, 0.2) is 27.7 Å². The van der Waals surface area contributed by atoms with Gasteiger partial charge in [-0.1, -0.05) is 0 Å². The Labute approximate surface area is 124 Å². The molecule has 0 atom stereocenters. The Hall–Kier alpha value is -1.64. The van der Waals surface area contributed by atoms with E-state index in [1.165, 1.54) is 0 Å². The van der Waals surface area contributed by atoms with Gasteiger partial charge in [0.05, 0.1) is 24.2 Å². The van der Waals surface area contributed by atoms with E-state index in [2.05, 4.69) is 9.82 Å². The lowest BCUT2D eigenvalue weighted by Crippen LogP contribution is -2.27. The molecule has 2 aromatic rings. The van der Waals surface area contributed by atoms with Crippen LogP contribution in [0.3, 0.4) is 0 Å². The summed E-state index contributed by atoms with van der Waals surface area (Å²) < 4.78 is 34.2. The van der Waals surface area contributed by atoms with E-state index >= 15 is 0 Å². The van der Waals surface area contributed by atoms with Crippen LogP contribution in [0.4, 0.5) is 0 Å². The second kappa shape index (κ2) is 6.42. The molecule has 0 radical (unpaired) electrons. The number of aryl methyl sites for hydroxylation is 1. The predicted molar refractivity (Wildman–Crippen MR) is 78.4 cm³/mol. The highest BCUT2D eigenvalue weighted by atomic mass is 32.2. The molecule has 116 valence electrons. The Morgan fingerprint density at radius 2 is 2.19 bits per heavy atom. The third kappa shape index (κ3) is 3.52. The van der Waals surface area contributed by atoms with Crippen LogP contribution in [0.1, 0.15) is 17.1 Å². The number of aromatic nitrogens is 2. The van der Waals surface area contributed by atoms with Gasteiger partial charge >= 0.3 is 0 Å². The Morgan fingerprint density at radius 3 is 2.81 bits per heavy atom. The first-order chi connectivity index (χ1) is 9.95. The fourth-order valence-corrected chi connectivity index (χ4v) is 3.68. The van der Waals surface area contributed by atoms with Crippen LogP contribution >= 0.6 is 0 Å². The highest BCUT2D eigenvalue weighted by molar-refractivity contribution is 7.89. The second-order valence-corrected chi connectivity index (χ2v) is 6.44. The Morgan fingerprint density at radius 1 is 1.43 bits per heavy atom. The molecule has 0 amide bonds. The Balaban J connectivity index is 2.12. The third-order valence-corrected chi connectivity index (χ3v) is 4.88. The number of hydrogen-bond donors (Lipinski definition) is 2. The molecule has 0 aliphatic carbocycles. The summed E-state index contributed by atoms with van der Waals surface area (Å²) in [4.78, 5) is 0.232. The summed E-state index contributed by atoms with van der Waals surface area (Å²) >= 11 is 0. The monoisotopic (exact) mass is 312 g/mol. The van der Waals surface area contributed by atoms with Crippen LogP contribution in [-0.2, 0) is 23.0 Å². The number of sulfonamides is 1. The summed E-state index contributed by atoms with van der Waals surface area (Å²) in [5, 5.41) is 4.22. The second-order valence-electron chi connectivity index (χ2n) is 4.74. The van der Waals surface area contributed by atoms with Gasteiger partial charge < -0.3 is 10.2 Å². The van der Waals surface area contributed by atoms with Gasteiger partial charge in [-0.15, -0.1) is 0 Å². The molecule has 0 spiro atoms. The predicted octanol–water partition coefficient (Wildman–Crippen LogP) is 0.573. The van der Waals surface area contributed by atoms with Gasteiger partial charge in [0.25, 0.3) is 0 Å². The van der Waals surface area contributed by atoms with Crippen molar-refractivity contribution in [1.82, 2.24) is 14.5 Å². The van der Waals surface area contributed by atoms with E-state index in [4.69, 9.17) is 10.2 Å². The minimum Gasteiger partial charge on any atom is -0.469 e. The maximum atomic E-state index is 12.4. The highest BCUT2D eigenvalue weighted by Crippen LogP contribution is 2.19. The summed E-state index contributed by atoms with van der Waals surface area (Å²) in [6.45, 7) is 4.59. The van der Waals surface area contributed by atoms with Crippen LogP contribution in [0.25, 0.3) is 0 Å². The standard InChI is InChI=1S/C13H20N4O3S/c1-10-13(11(2)17(16-10)8-6-14)21(18,19)15-7-5-12-4-3-9-20-12/h3-4,9,15H,5-8,14H2,1-2H3. The molecule has 8 heteroatoms. The molecule has 0 unspecified atom stereocenters. The molecule has 0 aliphatic rings. The maximum Gasteiger partial charge on any atom is 0.244 e. The Bertz CT molecular complexity index is 689. The minimum atomic E-state index is -3.59. The molecule has 0 aromatic carbocycles. The molecule has 3 N–H and O–H groups in total. The van der Waals surface area contributed by atoms with E-state index in [0.29, 0.717) is 30.9 Å². The number of nitrogens with two attached hydrogens (primary N) is 1. The van der Waals surface area contributed by atoms with E-state index < -0.39 is 10.0 Å². The van der Waals surface area contributed by atoms with Gasteiger partial charge in [-0.2, -0.15) is 5.10 Å². The number of furan rings is 1. The molecule has 2 heterocycles. The summed E-state index contributed by atoms with van der Waals surface area (Å²) in [5.41, 5.74) is 6.57. The number of hydrogen-bond acceptors (Lipinski definition) is 5. The van der Waals surface area contributed by atoms with Crippen molar-refractivity contribution in [3.05, 3.63) is 35.5 Å². The zero-order valence-electron chi connectivity index (χ0n) is 12.2. The Kier molecular flexibility index (Phi) is 4.81. The van der Waals surface area contributed by atoms with E-state index in [-0.39, 0.29) is 11.4 Å². The van der Waals surface area contributed by atoms with Crippen molar-refractivity contribution in [2.24, 2.45) is 5.73 Å². The van der Waals surface area contributed by atoms with Crippen molar-refractivity contribution in [2.75, 3.05) is 13.1 Å². The quantitative estimate of drug-likeness (QED) is 0.778. The molecule has 21 heavy (non-hydrogen) atoms. The van der Waals surface area contributed by atoms with Gasteiger partial charge in [-0.05, 0) is 26.0 Å². The van der Waals surface area contributed by atoms with E-state index in [1.807, 2.05) is 6.07 Å². The number of nitrogens with one attached hydrogen (secondary N) is 1. The molecule has 0 saturated carbocycles. The number of rotatable bonds is 7. The lowest BCUT2D eigenvalue weighted by molar-refractivity contribution is 0.505. The molecule has 2 aromatic heterocycles. The first-order valence-corrected chi connectivity index (χ1v) is 8.20. The zero-order valence-corrected chi connectivity index (χ0v) is 13.0. The lowest BCUT2D eigenvalue weighted by atomic mass is 10.3. The van der Waals surface area contributed by atoms with Gasteiger partial charge in [-0.3, -0.25) is 4.68 Å². The van der Waals surface area contributed by atoms with Crippen LogP contribution in [0.2, 0.25) is 0 Å². The van der Waals surface area contributed by atoms with E-state index in [0.717, 1.165) is 5.76 Å². The summed E-state index contributed by atoms with van der Waals surface area (Å²) in [6, 6.07) is 3.58. The number of nitrogens with zero attached hydrogens (tertiary/aromatic N) is 2. The molecule has 0 saturated heterocycles. The highest BCUT2D eigenvalue weighted by Gasteiger charge is 2.24. The van der Waals surface area contributed by atoms with Crippen molar-refractivity contribution < 1.29 is 12.8 Å². The fraction of sp³-hybridized carbons (Fsp3) is 0.462. The molecular weight excluding hydrogens is 292 g/mol. The van der Waals surface area contributed by atoms with Crippen LogP contribution in [0, 0.1) is 13.8 Å². The average Bonchev–Trinajstić information content (AvgIpc) is 2.99. The van der Waals surface area contributed by atoms with Crippen molar-refractivity contribution in [1.29, 1.82) is 0 Å². The first kappa shape index (κ1) is 15.7. The van der Waals surface area contributed by atoms with E-state index in [1.54, 1.807) is 30.9 Å². The molecule has 2 rings (SSSR count). The molecule has 0 fully saturated rings. The van der Waals surface area contributed by atoms with Crippen molar-refractivity contribution in [3.8, 4) is 0 Å². The van der Waals surface area contributed by atoms with Gasteiger partial charge in [0, 0.05) is 19.5 Å². The van der Waals surface area contributed by atoms with Gasteiger partial charge in [0.1, 0.15) is 10.7 Å². The van der Waals surface area contributed by atoms with Crippen molar-refractivity contribution >= 4 is 10.0 Å². The maximum absolute atomic E-state index is 12.4. The molecule has 0 bridgehead atoms. The molecule has 7 nitrogen and oxygen atoms in total. The van der Waals surface area contributed by atoms with Gasteiger partial charge in [0.15, 0.2) is 0 Å². The fourth-order valence-electron chi connectivity index (χ4n) is 2.24. The smallest absolute Gasteiger partial charge is 0.244 e. The molecular formula is C13H20N4O3S. The largest absolute Gasteiger partial charge is 0.469 e. The topological polar surface area (TPSA) is 103 Å². The zero-order chi connectivity index (χ0) is 15.5. The van der Waals surface area contributed by atoms with Gasteiger partial charge in [0.2, 0.25) is 10.0 Å².